The Morgan fingerprint density at radius 3 is 2.81 bits per heavy atom. The summed E-state index contributed by atoms with van der Waals surface area (Å²) >= 11 is 0. The fraction of sp³-hybridized carbons (Fsp3) is 0.316. The molecule has 1 aromatic carbocycles. The van der Waals surface area contributed by atoms with E-state index in [-0.39, 0.29) is 29.5 Å². The summed E-state index contributed by atoms with van der Waals surface area (Å²) in [5.74, 6) is 0.201. The first-order valence-electron chi connectivity index (χ1n) is 8.54. The molecule has 27 heavy (non-hydrogen) atoms. The highest BCUT2D eigenvalue weighted by Gasteiger charge is 2.24. The number of anilines is 1. The molecule has 0 saturated heterocycles. The Morgan fingerprint density at radius 1 is 1.33 bits per heavy atom. The molecule has 7 nitrogen and oxygen atoms in total. The van der Waals surface area contributed by atoms with Crippen molar-refractivity contribution in [2.75, 3.05) is 19.4 Å². The number of ether oxygens (including phenoxy) is 1. The Morgan fingerprint density at radius 2 is 2.11 bits per heavy atom. The van der Waals surface area contributed by atoms with Crippen LogP contribution in [0.1, 0.15) is 34.4 Å². The smallest absolute Gasteiger partial charge is 0.342 e. The number of fused-ring (bicyclic) bond motifs is 1. The van der Waals surface area contributed by atoms with Gasteiger partial charge in [-0.05, 0) is 38.6 Å². The molecule has 2 aromatic heterocycles. The van der Waals surface area contributed by atoms with Gasteiger partial charge < -0.3 is 14.9 Å². The van der Waals surface area contributed by atoms with Crippen LogP contribution in [-0.4, -0.2) is 34.5 Å². The summed E-state index contributed by atoms with van der Waals surface area (Å²) in [5, 5.41) is 0.363. The molecular formula is C19H21FN4O3. The molecule has 0 aliphatic heterocycles. The number of aryl methyl sites for hydroxylation is 1. The van der Waals surface area contributed by atoms with Crippen LogP contribution in [0.3, 0.4) is 0 Å². The number of benzene rings is 1. The molecule has 2 heterocycles. The summed E-state index contributed by atoms with van der Waals surface area (Å²) < 4.78 is 24.0. The van der Waals surface area contributed by atoms with Crippen molar-refractivity contribution in [3.05, 3.63) is 52.8 Å². The van der Waals surface area contributed by atoms with E-state index in [0.717, 1.165) is 5.56 Å². The molecule has 0 spiro atoms. The molecular weight excluding hydrogens is 351 g/mol. The molecule has 0 aliphatic rings. The highest BCUT2D eigenvalue weighted by Crippen LogP contribution is 2.29. The molecule has 0 fully saturated rings. The van der Waals surface area contributed by atoms with Crippen LogP contribution >= 0.6 is 0 Å². The summed E-state index contributed by atoms with van der Waals surface area (Å²) in [4.78, 5) is 22.8. The second-order valence-electron chi connectivity index (χ2n) is 6.26. The van der Waals surface area contributed by atoms with Crippen LogP contribution in [0.5, 0.6) is 0 Å². The number of carbonyl (C=O) groups is 1. The molecule has 2 N–H and O–H groups in total. The predicted octanol–water partition coefficient (Wildman–Crippen LogP) is 3.06. The zero-order chi connectivity index (χ0) is 19.6. The van der Waals surface area contributed by atoms with Crippen LogP contribution < -0.4 is 5.73 Å². The lowest BCUT2D eigenvalue weighted by molar-refractivity contribution is 0.0526. The van der Waals surface area contributed by atoms with Crippen molar-refractivity contribution < 1.29 is 18.3 Å². The molecule has 0 bridgehead atoms. The van der Waals surface area contributed by atoms with Crippen molar-refractivity contribution in [2.45, 2.75) is 26.9 Å². The molecule has 8 heteroatoms. The van der Waals surface area contributed by atoms with E-state index >= 15 is 0 Å². The van der Waals surface area contributed by atoms with Crippen LogP contribution in [-0.2, 0) is 17.8 Å². The van der Waals surface area contributed by atoms with Crippen molar-refractivity contribution in [1.29, 1.82) is 0 Å². The van der Waals surface area contributed by atoms with Gasteiger partial charge in [0.05, 0.1) is 18.5 Å². The van der Waals surface area contributed by atoms with Crippen LogP contribution in [0.15, 0.2) is 28.7 Å². The number of nitrogens with zero attached hydrogens (tertiary/aromatic N) is 3. The average Bonchev–Trinajstić information content (AvgIpc) is 2.91. The Labute approximate surface area is 155 Å². The van der Waals surface area contributed by atoms with E-state index in [1.165, 1.54) is 12.1 Å². The maximum Gasteiger partial charge on any atom is 0.342 e. The van der Waals surface area contributed by atoms with Crippen molar-refractivity contribution in [1.82, 2.24) is 14.9 Å². The zero-order valence-electron chi connectivity index (χ0n) is 15.5. The van der Waals surface area contributed by atoms with Crippen molar-refractivity contribution in [3.63, 3.8) is 0 Å². The molecule has 142 valence electrons. The number of nitrogens with two attached hydrogens (primary N) is 1. The summed E-state index contributed by atoms with van der Waals surface area (Å²) in [7, 11) is 1.87. The number of carbonyl (C=O) groups excluding carboxylic acids is 1. The number of hydrogen-bond acceptors (Lipinski definition) is 7. The lowest BCUT2D eigenvalue weighted by Crippen LogP contribution is -2.19. The van der Waals surface area contributed by atoms with Gasteiger partial charge in [-0.3, -0.25) is 4.90 Å². The number of halogens is 1. The molecule has 0 unspecified atom stereocenters. The predicted molar refractivity (Wildman–Crippen MR) is 98.5 cm³/mol. The minimum atomic E-state index is -0.514. The quantitative estimate of drug-likeness (QED) is 0.665. The second kappa shape index (κ2) is 7.71. The van der Waals surface area contributed by atoms with Gasteiger partial charge in [0, 0.05) is 6.54 Å². The van der Waals surface area contributed by atoms with Crippen LogP contribution in [0.25, 0.3) is 11.1 Å². The van der Waals surface area contributed by atoms with Crippen molar-refractivity contribution in [3.8, 4) is 0 Å². The molecule has 0 aliphatic carbocycles. The molecule has 3 rings (SSSR count). The summed E-state index contributed by atoms with van der Waals surface area (Å²) in [6.45, 7) is 4.52. The fourth-order valence-electron chi connectivity index (χ4n) is 2.95. The Balaban J connectivity index is 1.85. The largest absolute Gasteiger partial charge is 0.462 e. The van der Waals surface area contributed by atoms with E-state index in [1.807, 2.05) is 18.0 Å². The monoisotopic (exact) mass is 372 g/mol. The summed E-state index contributed by atoms with van der Waals surface area (Å²) in [6.07, 6.45) is 0. The number of esters is 1. The first-order valence-corrected chi connectivity index (χ1v) is 8.54. The lowest BCUT2D eigenvalue weighted by Gasteiger charge is -2.16. The third-order valence-electron chi connectivity index (χ3n) is 4.03. The van der Waals surface area contributed by atoms with E-state index in [2.05, 4.69) is 9.97 Å². The van der Waals surface area contributed by atoms with Gasteiger partial charge in [-0.15, -0.1) is 0 Å². The van der Waals surface area contributed by atoms with Gasteiger partial charge in [-0.2, -0.15) is 4.98 Å². The minimum absolute atomic E-state index is 0.161. The Kier molecular flexibility index (Phi) is 5.36. The van der Waals surface area contributed by atoms with Crippen LogP contribution in [0, 0.1) is 12.7 Å². The van der Waals surface area contributed by atoms with Crippen molar-refractivity contribution >= 4 is 22.9 Å². The Hall–Kier alpha value is -3.00. The highest BCUT2D eigenvalue weighted by atomic mass is 19.1. The van der Waals surface area contributed by atoms with Crippen LogP contribution in [0.4, 0.5) is 10.2 Å². The average molecular weight is 372 g/mol. The third kappa shape index (κ3) is 4.06. The first kappa shape index (κ1) is 18.8. The normalized spacial score (nSPS) is 11.3. The molecule has 0 amide bonds. The lowest BCUT2D eigenvalue weighted by atomic mass is 10.2. The molecule has 0 radical (unpaired) electrons. The Bertz CT molecular complexity index is 986. The van der Waals surface area contributed by atoms with E-state index in [1.54, 1.807) is 19.9 Å². The van der Waals surface area contributed by atoms with E-state index in [4.69, 9.17) is 14.9 Å². The highest BCUT2D eigenvalue weighted by molar-refractivity contribution is 6.07. The zero-order valence-corrected chi connectivity index (χ0v) is 15.5. The molecule has 3 aromatic rings. The molecule has 0 atom stereocenters. The van der Waals surface area contributed by atoms with Crippen LogP contribution in [0.2, 0.25) is 0 Å². The van der Waals surface area contributed by atoms with Crippen molar-refractivity contribution in [2.24, 2.45) is 0 Å². The van der Waals surface area contributed by atoms with Gasteiger partial charge in [0.25, 0.3) is 0 Å². The van der Waals surface area contributed by atoms with E-state index in [0.29, 0.717) is 30.1 Å². The van der Waals surface area contributed by atoms with E-state index in [9.17, 15) is 9.18 Å². The number of hydrogen-bond donors (Lipinski definition) is 1. The number of rotatable bonds is 6. The maximum atomic E-state index is 13.3. The maximum absolute atomic E-state index is 13.3. The molecule has 0 saturated carbocycles. The first-order chi connectivity index (χ1) is 12.9. The van der Waals surface area contributed by atoms with Gasteiger partial charge in [-0.1, -0.05) is 12.1 Å². The summed E-state index contributed by atoms with van der Waals surface area (Å²) in [6, 6.07) is 6.40. The number of aromatic nitrogens is 2. The topological polar surface area (TPSA) is 94.5 Å². The van der Waals surface area contributed by atoms with E-state index < -0.39 is 5.97 Å². The minimum Gasteiger partial charge on any atom is -0.462 e. The number of furan rings is 1. The van der Waals surface area contributed by atoms with Gasteiger partial charge in [0.15, 0.2) is 0 Å². The SMILES string of the molecule is CCOC(=O)c1c(C)oc2nc(CN(C)Cc3cccc(F)c3)nc(N)c12. The third-order valence-corrected chi connectivity index (χ3v) is 4.03. The van der Waals surface area contributed by atoms with Gasteiger partial charge in [0.2, 0.25) is 5.71 Å². The van der Waals surface area contributed by atoms with Gasteiger partial charge in [0.1, 0.15) is 28.8 Å². The number of nitrogen functional groups attached to an aromatic ring is 1. The van der Waals surface area contributed by atoms with Gasteiger partial charge >= 0.3 is 5.97 Å². The van der Waals surface area contributed by atoms with Gasteiger partial charge in [-0.25, -0.2) is 14.2 Å². The fourth-order valence-corrected chi connectivity index (χ4v) is 2.95. The second-order valence-corrected chi connectivity index (χ2v) is 6.26. The summed E-state index contributed by atoms with van der Waals surface area (Å²) in [5.41, 5.74) is 7.41. The standard InChI is InChI=1S/C19H21FN4O3/c1-4-26-19(25)15-11(2)27-18-16(15)17(21)22-14(23-18)10-24(3)9-12-6-5-7-13(20)8-12/h5-8H,4,9-10H2,1-3H3,(H2,21,22,23).